The Bertz CT molecular complexity index is 634. The number of aryl methyl sites for hydroxylation is 1. The number of benzene rings is 1. The van der Waals surface area contributed by atoms with Gasteiger partial charge < -0.3 is 15.0 Å². The highest BCUT2D eigenvalue weighted by Gasteiger charge is 2.10. The number of fused-ring (bicyclic) bond motifs is 1. The van der Waals surface area contributed by atoms with Gasteiger partial charge in [-0.05, 0) is 31.9 Å². The largest absolute Gasteiger partial charge is 0.393 e. The maximum Gasteiger partial charge on any atom is 0.220 e. The van der Waals surface area contributed by atoms with Crippen molar-refractivity contribution in [1.82, 2.24) is 14.9 Å². The number of hydrogen-bond donors (Lipinski definition) is 2. The number of aromatic nitrogens is 2. The van der Waals surface area contributed by atoms with Gasteiger partial charge >= 0.3 is 0 Å². The van der Waals surface area contributed by atoms with Crippen molar-refractivity contribution in [3.8, 4) is 0 Å². The molecule has 126 valence electrons. The van der Waals surface area contributed by atoms with Gasteiger partial charge in [0, 0.05) is 25.9 Å². The highest BCUT2D eigenvalue weighted by molar-refractivity contribution is 5.76. The summed E-state index contributed by atoms with van der Waals surface area (Å²) in [7, 11) is 0. The van der Waals surface area contributed by atoms with Crippen LogP contribution in [0.25, 0.3) is 11.0 Å². The minimum atomic E-state index is -0.431. The Morgan fingerprint density at radius 1 is 1.39 bits per heavy atom. The standard InChI is InChI=1S/C18H27N3O2/c1-3-4-13-21-16-8-6-5-7-15(16)20-17(21)11-12-19-18(23)10-9-14(2)22/h5-8,14,22H,3-4,9-13H2,1-2H3,(H,19,23)/t14-/m0/s1. The number of amides is 1. The Labute approximate surface area is 137 Å². The molecule has 1 heterocycles. The summed E-state index contributed by atoms with van der Waals surface area (Å²) in [5.41, 5.74) is 2.18. The van der Waals surface area contributed by atoms with Crippen molar-refractivity contribution in [2.75, 3.05) is 6.54 Å². The highest BCUT2D eigenvalue weighted by atomic mass is 16.3. The van der Waals surface area contributed by atoms with Crippen LogP contribution in [0.3, 0.4) is 0 Å². The Morgan fingerprint density at radius 2 is 2.17 bits per heavy atom. The fraction of sp³-hybridized carbons (Fsp3) is 0.556. The van der Waals surface area contributed by atoms with E-state index in [1.54, 1.807) is 6.92 Å². The zero-order valence-corrected chi connectivity index (χ0v) is 14.1. The van der Waals surface area contributed by atoms with Crippen molar-refractivity contribution in [2.45, 2.75) is 58.6 Å². The summed E-state index contributed by atoms with van der Waals surface area (Å²) >= 11 is 0. The molecule has 0 saturated heterocycles. The molecule has 2 N–H and O–H groups in total. The number of nitrogens with one attached hydrogen (secondary N) is 1. The second-order valence-corrected chi connectivity index (χ2v) is 6.01. The minimum Gasteiger partial charge on any atom is -0.393 e. The number of aliphatic hydroxyl groups is 1. The van der Waals surface area contributed by atoms with E-state index in [1.165, 1.54) is 0 Å². The minimum absolute atomic E-state index is 0.0119. The van der Waals surface area contributed by atoms with Crippen LogP contribution in [0.1, 0.15) is 45.4 Å². The van der Waals surface area contributed by atoms with Crippen LogP contribution in [-0.4, -0.2) is 33.2 Å². The molecule has 0 unspecified atom stereocenters. The molecule has 1 aromatic carbocycles. The lowest BCUT2D eigenvalue weighted by molar-refractivity contribution is -0.121. The van der Waals surface area contributed by atoms with E-state index in [1.807, 2.05) is 18.2 Å². The molecular formula is C18H27N3O2. The van der Waals surface area contributed by atoms with Gasteiger partial charge in [-0.25, -0.2) is 4.98 Å². The number of carbonyl (C=O) groups excluding carboxylic acids is 1. The molecule has 0 fully saturated rings. The zero-order chi connectivity index (χ0) is 16.7. The Balaban J connectivity index is 1.97. The second kappa shape index (κ2) is 8.67. The monoisotopic (exact) mass is 317 g/mol. The molecule has 23 heavy (non-hydrogen) atoms. The normalized spacial score (nSPS) is 12.5. The summed E-state index contributed by atoms with van der Waals surface area (Å²) in [6, 6.07) is 8.17. The summed E-state index contributed by atoms with van der Waals surface area (Å²) in [6.07, 6.45) is 3.42. The number of para-hydroxylation sites is 2. The molecule has 0 aliphatic carbocycles. The van der Waals surface area contributed by atoms with Crippen molar-refractivity contribution in [2.24, 2.45) is 0 Å². The van der Waals surface area contributed by atoms with Crippen molar-refractivity contribution >= 4 is 16.9 Å². The Morgan fingerprint density at radius 3 is 2.91 bits per heavy atom. The number of hydrogen-bond acceptors (Lipinski definition) is 3. The molecule has 0 aliphatic heterocycles. The van der Waals surface area contributed by atoms with Crippen molar-refractivity contribution in [1.29, 1.82) is 0 Å². The summed E-state index contributed by atoms with van der Waals surface area (Å²) in [4.78, 5) is 16.4. The maximum atomic E-state index is 11.7. The van der Waals surface area contributed by atoms with Crippen molar-refractivity contribution in [3.05, 3.63) is 30.1 Å². The first kappa shape index (κ1) is 17.5. The van der Waals surface area contributed by atoms with Crippen LogP contribution in [0.2, 0.25) is 0 Å². The van der Waals surface area contributed by atoms with Gasteiger partial charge in [0.15, 0.2) is 0 Å². The van der Waals surface area contributed by atoms with Crippen LogP contribution < -0.4 is 5.32 Å². The van der Waals surface area contributed by atoms with Gasteiger partial charge in [0.25, 0.3) is 0 Å². The summed E-state index contributed by atoms with van der Waals surface area (Å²) in [5, 5.41) is 12.1. The third-order valence-electron chi connectivity index (χ3n) is 3.93. The molecule has 0 spiro atoms. The molecule has 0 aliphatic rings. The first-order valence-electron chi connectivity index (χ1n) is 8.50. The molecule has 5 nitrogen and oxygen atoms in total. The molecule has 2 rings (SSSR count). The van der Waals surface area contributed by atoms with E-state index in [0.717, 1.165) is 42.7 Å². The van der Waals surface area contributed by atoms with Crippen molar-refractivity contribution in [3.63, 3.8) is 0 Å². The quantitative estimate of drug-likeness (QED) is 0.747. The zero-order valence-electron chi connectivity index (χ0n) is 14.1. The number of nitrogens with zero attached hydrogens (tertiary/aromatic N) is 2. The Hall–Kier alpha value is -1.88. The molecular weight excluding hydrogens is 290 g/mol. The van der Waals surface area contributed by atoms with Gasteiger partial charge in [0.1, 0.15) is 5.82 Å². The topological polar surface area (TPSA) is 67.2 Å². The highest BCUT2D eigenvalue weighted by Crippen LogP contribution is 2.17. The molecule has 1 aromatic heterocycles. The lowest BCUT2D eigenvalue weighted by atomic mass is 10.2. The molecule has 1 amide bonds. The van der Waals surface area contributed by atoms with E-state index in [-0.39, 0.29) is 5.91 Å². The van der Waals surface area contributed by atoms with Crippen LogP contribution in [0.5, 0.6) is 0 Å². The van der Waals surface area contributed by atoms with E-state index >= 15 is 0 Å². The third-order valence-corrected chi connectivity index (χ3v) is 3.93. The third kappa shape index (κ3) is 5.06. The average Bonchev–Trinajstić information content (AvgIpc) is 2.88. The van der Waals surface area contributed by atoms with Gasteiger partial charge in [-0.15, -0.1) is 0 Å². The predicted octanol–water partition coefficient (Wildman–Crippen LogP) is 2.66. The molecule has 1 atom stereocenters. The fourth-order valence-electron chi connectivity index (χ4n) is 2.62. The number of aliphatic hydroxyl groups excluding tert-OH is 1. The number of rotatable bonds is 9. The van der Waals surface area contributed by atoms with E-state index in [4.69, 9.17) is 4.98 Å². The average molecular weight is 317 g/mol. The van der Waals surface area contributed by atoms with Gasteiger partial charge in [-0.1, -0.05) is 25.5 Å². The lowest BCUT2D eigenvalue weighted by Gasteiger charge is -2.09. The first-order valence-corrected chi connectivity index (χ1v) is 8.50. The van der Waals surface area contributed by atoms with Gasteiger partial charge in [0.05, 0.1) is 17.1 Å². The van der Waals surface area contributed by atoms with E-state index in [2.05, 4.69) is 22.9 Å². The fourth-order valence-corrected chi connectivity index (χ4v) is 2.62. The predicted molar refractivity (Wildman–Crippen MR) is 92.3 cm³/mol. The molecule has 0 saturated carbocycles. The number of unbranched alkanes of at least 4 members (excludes halogenated alkanes) is 1. The summed E-state index contributed by atoms with van der Waals surface area (Å²) in [6.45, 7) is 5.42. The summed E-state index contributed by atoms with van der Waals surface area (Å²) < 4.78 is 2.26. The van der Waals surface area contributed by atoms with Crippen LogP contribution in [0, 0.1) is 0 Å². The molecule has 0 radical (unpaired) electrons. The number of imidazole rings is 1. The van der Waals surface area contributed by atoms with E-state index in [9.17, 15) is 9.90 Å². The van der Waals surface area contributed by atoms with E-state index in [0.29, 0.717) is 19.4 Å². The molecule has 0 bridgehead atoms. The summed E-state index contributed by atoms with van der Waals surface area (Å²) in [5.74, 6) is 1.01. The van der Waals surface area contributed by atoms with Crippen LogP contribution >= 0.6 is 0 Å². The molecule has 2 aromatic rings. The second-order valence-electron chi connectivity index (χ2n) is 6.01. The molecule has 5 heteroatoms. The number of carbonyl (C=O) groups is 1. The smallest absolute Gasteiger partial charge is 0.220 e. The van der Waals surface area contributed by atoms with Gasteiger partial charge in [0.2, 0.25) is 5.91 Å². The van der Waals surface area contributed by atoms with E-state index < -0.39 is 6.10 Å². The first-order chi connectivity index (χ1) is 11.1. The lowest BCUT2D eigenvalue weighted by Crippen LogP contribution is -2.27. The Kier molecular flexibility index (Phi) is 6.59. The maximum absolute atomic E-state index is 11.7. The van der Waals surface area contributed by atoms with Gasteiger partial charge in [-0.3, -0.25) is 4.79 Å². The van der Waals surface area contributed by atoms with Gasteiger partial charge in [-0.2, -0.15) is 0 Å². The van der Waals surface area contributed by atoms with Crippen LogP contribution in [0.15, 0.2) is 24.3 Å². The van der Waals surface area contributed by atoms with Crippen LogP contribution in [-0.2, 0) is 17.8 Å². The van der Waals surface area contributed by atoms with Crippen molar-refractivity contribution < 1.29 is 9.90 Å². The SMILES string of the molecule is CCCCn1c(CCNC(=O)CC[C@H](C)O)nc2ccccc21. The van der Waals surface area contributed by atoms with Crippen LogP contribution in [0.4, 0.5) is 0 Å².